The second kappa shape index (κ2) is 9.87. The summed E-state index contributed by atoms with van der Waals surface area (Å²) < 4.78 is 6.61. The molecule has 4 rings (SSSR count). The van der Waals surface area contributed by atoms with Gasteiger partial charge in [0.25, 0.3) is 5.56 Å². The van der Waals surface area contributed by atoms with Crippen molar-refractivity contribution in [3.05, 3.63) is 86.4 Å². The van der Waals surface area contributed by atoms with Crippen LogP contribution in [0.25, 0.3) is 16.6 Å². The minimum Gasteiger partial charge on any atom is -0.462 e. The van der Waals surface area contributed by atoms with Gasteiger partial charge in [0.2, 0.25) is 0 Å². The average Bonchev–Trinajstić information content (AvgIpc) is 3.12. The molecule has 2 heterocycles. The number of thioether (sulfide) groups is 1. The zero-order chi connectivity index (χ0) is 24.4. The normalized spacial score (nSPS) is 11.1. The Morgan fingerprint density at radius 2 is 1.74 bits per heavy atom. The van der Waals surface area contributed by atoms with Crippen LogP contribution in [0.15, 0.2) is 58.5 Å². The van der Waals surface area contributed by atoms with Crippen LogP contribution < -0.4 is 5.56 Å². The average molecular weight is 496 g/mol. The molecule has 2 aromatic carbocycles. The first-order valence-corrected chi connectivity index (χ1v) is 12.0. The summed E-state index contributed by atoms with van der Waals surface area (Å²) >= 11 is 7.16. The molecule has 174 valence electrons. The molecule has 0 unspecified atom stereocenters. The van der Waals surface area contributed by atoms with E-state index in [-0.39, 0.29) is 29.3 Å². The summed E-state index contributed by atoms with van der Waals surface area (Å²) in [4.78, 5) is 46.8. The van der Waals surface area contributed by atoms with Crippen molar-refractivity contribution in [2.45, 2.75) is 25.9 Å². The van der Waals surface area contributed by atoms with E-state index in [9.17, 15) is 14.4 Å². The second-order valence-electron chi connectivity index (χ2n) is 7.59. The lowest BCUT2D eigenvalue weighted by Gasteiger charge is -2.13. The van der Waals surface area contributed by atoms with Crippen molar-refractivity contribution in [1.29, 1.82) is 0 Å². The van der Waals surface area contributed by atoms with Gasteiger partial charge in [-0.3, -0.25) is 14.2 Å². The SMILES string of the molecule is CCOC(=O)c1c(C)[nH]c(C)c1C(=O)CSc1nc2ccccc2c(=O)n1-c1ccc(Cl)cc1. The quantitative estimate of drug-likeness (QED) is 0.165. The van der Waals surface area contributed by atoms with Crippen molar-refractivity contribution in [1.82, 2.24) is 14.5 Å². The number of carbonyl (C=O) groups is 2. The van der Waals surface area contributed by atoms with E-state index in [0.717, 1.165) is 11.8 Å². The van der Waals surface area contributed by atoms with Gasteiger partial charge in [0.15, 0.2) is 10.9 Å². The number of fused-ring (bicyclic) bond motifs is 1. The Bertz CT molecular complexity index is 1460. The van der Waals surface area contributed by atoms with Gasteiger partial charge >= 0.3 is 5.97 Å². The van der Waals surface area contributed by atoms with E-state index >= 15 is 0 Å². The number of hydrogen-bond acceptors (Lipinski definition) is 6. The van der Waals surface area contributed by atoms with Crippen LogP contribution in [0.5, 0.6) is 0 Å². The highest BCUT2D eigenvalue weighted by molar-refractivity contribution is 7.99. The number of Topliss-reactive ketones (excluding diaryl/α,β-unsaturated/α-hetero) is 1. The third-order valence-corrected chi connectivity index (χ3v) is 6.49. The van der Waals surface area contributed by atoms with E-state index in [2.05, 4.69) is 9.97 Å². The van der Waals surface area contributed by atoms with Gasteiger partial charge in [0, 0.05) is 16.4 Å². The maximum absolute atomic E-state index is 13.3. The van der Waals surface area contributed by atoms with Gasteiger partial charge in [0.1, 0.15) is 0 Å². The van der Waals surface area contributed by atoms with Crippen LogP contribution in [0.4, 0.5) is 0 Å². The number of halogens is 1. The predicted molar refractivity (Wildman–Crippen MR) is 134 cm³/mol. The van der Waals surface area contributed by atoms with Crippen molar-refractivity contribution < 1.29 is 14.3 Å². The molecule has 0 spiro atoms. The number of benzene rings is 2. The molecule has 0 aliphatic carbocycles. The molecule has 0 saturated heterocycles. The Kier molecular flexibility index (Phi) is 6.90. The number of hydrogen-bond donors (Lipinski definition) is 1. The standard InChI is InChI=1S/C25H22ClN3O4S/c1-4-33-24(32)22-15(3)27-14(2)21(22)20(30)13-34-25-28-19-8-6-5-7-18(19)23(31)29(25)17-11-9-16(26)10-12-17/h5-12,27H,4,13H2,1-3H3. The summed E-state index contributed by atoms with van der Waals surface area (Å²) in [5.41, 5.74) is 2.58. The zero-order valence-corrected chi connectivity index (χ0v) is 20.4. The molecule has 0 atom stereocenters. The van der Waals surface area contributed by atoms with Crippen LogP contribution in [0.1, 0.15) is 39.0 Å². The third-order valence-electron chi connectivity index (χ3n) is 5.30. The number of aromatic nitrogens is 3. The first-order chi connectivity index (χ1) is 16.3. The van der Waals surface area contributed by atoms with Gasteiger partial charge in [-0.15, -0.1) is 0 Å². The van der Waals surface area contributed by atoms with Crippen LogP contribution in [-0.2, 0) is 4.74 Å². The number of ketones is 1. The highest BCUT2D eigenvalue weighted by atomic mass is 35.5. The number of nitrogens with zero attached hydrogens (tertiary/aromatic N) is 2. The van der Waals surface area contributed by atoms with Gasteiger partial charge < -0.3 is 9.72 Å². The maximum Gasteiger partial charge on any atom is 0.340 e. The molecular formula is C25H22ClN3O4S. The van der Waals surface area contributed by atoms with Gasteiger partial charge in [-0.05, 0) is 57.2 Å². The fourth-order valence-corrected chi connectivity index (χ4v) is 4.83. The summed E-state index contributed by atoms with van der Waals surface area (Å²) in [6, 6.07) is 13.9. The molecule has 1 N–H and O–H groups in total. The number of H-pyrrole nitrogens is 1. The molecule has 0 aliphatic heterocycles. The van der Waals surface area contributed by atoms with Crippen molar-refractivity contribution in [3.8, 4) is 5.69 Å². The Morgan fingerprint density at radius 1 is 1.06 bits per heavy atom. The molecule has 0 radical (unpaired) electrons. The highest BCUT2D eigenvalue weighted by Crippen LogP contribution is 2.26. The van der Waals surface area contributed by atoms with Gasteiger partial charge in [-0.2, -0.15) is 0 Å². The lowest BCUT2D eigenvalue weighted by atomic mass is 10.1. The number of aryl methyl sites for hydroxylation is 2. The third kappa shape index (κ3) is 4.51. The molecule has 0 bridgehead atoms. The minimum atomic E-state index is -0.542. The lowest BCUT2D eigenvalue weighted by molar-refractivity contribution is 0.0522. The number of nitrogens with one attached hydrogen (secondary N) is 1. The predicted octanol–water partition coefficient (Wildman–Crippen LogP) is 5.14. The minimum absolute atomic E-state index is 0.0249. The van der Waals surface area contributed by atoms with E-state index in [1.807, 2.05) is 0 Å². The molecule has 34 heavy (non-hydrogen) atoms. The fraction of sp³-hybridized carbons (Fsp3) is 0.200. The van der Waals surface area contributed by atoms with E-state index in [1.54, 1.807) is 69.3 Å². The molecule has 0 saturated carbocycles. The monoisotopic (exact) mass is 495 g/mol. The van der Waals surface area contributed by atoms with E-state index in [0.29, 0.717) is 43.7 Å². The van der Waals surface area contributed by atoms with Crippen LogP contribution in [-0.4, -0.2) is 38.6 Å². The Balaban J connectivity index is 1.74. The molecule has 0 fully saturated rings. The maximum atomic E-state index is 13.3. The number of para-hydroxylation sites is 1. The first-order valence-electron chi connectivity index (χ1n) is 10.6. The van der Waals surface area contributed by atoms with Gasteiger partial charge in [-0.25, -0.2) is 9.78 Å². The van der Waals surface area contributed by atoms with E-state index < -0.39 is 5.97 Å². The van der Waals surface area contributed by atoms with Crippen molar-refractivity contribution in [2.24, 2.45) is 0 Å². The second-order valence-corrected chi connectivity index (χ2v) is 8.96. The summed E-state index contributed by atoms with van der Waals surface area (Å²) in [6.07, 6.45) is 0. The molecule has 2 aromatic heterocycles. The van der Waals surface area contributed by atoms with Crippen molar-refractivity contribution in [3.63, 3.8) is 0 Å². The van der Waals surface area contributed by atoms with Crippen molar-refractivity contribution >= 4 is 46.0 Å². The highest BCUT2D eigenvalue weighted by Gasteiger charge is 2.26. The molecule has 0 amide bonds. The van der Waals surface area contributed by atoms with Crippen LogP contribution in [0.2, 0.25) is 5.02 Å². The summed E-state index contributed by atoms with van der Waals surface area (Å²) in [5, 5.41) is 1.37. The number of esters is 1. The molecule has 7 nitrogen and oxygen atoms in total. The fourth-order valence-electron chi connectivity index (χ4n) is 3.82. The number of rotatable bonds is 7. The molecule has 9 heteroatoms. The molecule has 4 aromatic rings. The zero-order valence-electron chi connectivity index (χ0n) is 18.8. The van der Waals surface area contributed by atoms with Crippen LogP contribution in [0, 0.1) is 13.8 Å². The Labute approximate surface area is 205 Å². The largest absolute Gasteiger partial charge is 0.462 e. The number of carbonyl (C=O) groups excluding carboxylic acids is 2. The van der Waals surface area contributed by atoms with Crippen LogP contribution >= 0.6 is 23.4 Å². The number of aromatic amines is 1. The van der Waals surface area contributed by atoms with E-state index in [4.69, 9.17) is 16.3 Å². The number of ether oxygens (including phenoxy) is 1. The molecule has 0 aliphatic rings. The summed E-state index contributed by atoms with van der Waals surface area (Å²) in [5.74, 6) is -0.831. The summed E-state index contributed by atoms with van der Waals surface area (Å²) in [6.45, 7) is 5.39. The smallest absolute Gasteiger partial charge is 0.340 e. The van der Waals surface area contributed by atoms with Crippen molar-refractivity contribution in [2.75, 3.05) is 12.4 Å². The molecular weight excluding hydrogens is 474 g/mol. The lowest BCUT2D eigenvalue weighted by Crippen LogP contribution is -2.22. The topological polar surface area (TPSA) is 94.1 Å². The van der Waals surface area contributed by atoms with E-state index in [1.165, 1.54) is 4.57 Å². The van der Waals surface area contributed by atoms with Crippen LogP contribution in [0.3, 0.4) is 0 Å². The van der Waals surface area contributed by atoms with Gasteiger partial charge in [0.05, 0.1) is 40.1 Å². The Morgan fingerprint density at radius 3 is 2.44 bits per heavy atom. The first kappa shape index (κ1) is 23.8. The summed E-state index contributed by atoms with van der Waals surface area (Å²) in [7, 11) is 0. The Hall–Kier alpha value is -3.36. The van der Waals surface area contributed by atoms with Gasteiger partial charge in [-0.1, -0.05) is 35.5 Å².